The van der Waals surface area contributed by atoms with Crippen LogP contribution in [-0.4, -0.2) is 45.0 Å². The minimum absolute atomic E-state index is 0.0257. The van der Waals surface area contributed by atoms with Crippen molar-refractivity contribution in [1.29, 1.82) is 0 Å². The Morgan fingerprint density at radius 1 is 1.47 bits per heavy atom. The van der Waals surface area contributed by atoms with Gasteiger partial charge in [0.25, 0.3) is 0 Å². The molecular weight excluding hydrogens is 248 g/mol. The Morgan fingerprint density at radius 3 is 2.53 bits per heavy atom. The third kappa shape index (κ3) is 3.29. The van der Waals surface area contributed by atoms with Crippen LogP contribution in [0.4, 0.5) is 5.82 Å². The zero-order chi connectivity index (χ0) is 13.1. The number of aliphatic hydroxyl groups is 2. The van der Waals surface area contributed by atoms with Gasteiger partial charge in [0.1, 0.15) is 5.82 Å². The molecule has 1 heterocycles. The van der Waals surface area contributed by atoms with Crippen molar-refractivity contribution >= 4 is 23.4 Å². The quantitative estimate of drug-likeness (QED) is 0.618. The molecule has 0 fully saturated rings. The molecule has 0 unspecified atom stereocenters. The van der Waals surface area contributed by atoms with Crippen molar-refractivity contribution in [3.05, 3.63) is 22.8 Å². The number of hydrogen-bond donors (Lipinski definition) is 4. The second-order valence-corrected chi connectivity index (χ2v) is 4.24. The van der Waals surface area contributed by atoms with E-state index in [1.165, 1.54) is 12.1 Å². The summed E-state index contributed by atoms with van der Waals surface area (Å²) in [4.78, 5) is 14.6. The third-order valence-electron chi connectivity index (χ3n) is 2.18. The van der Waals surface area contributed by atoms with E-state index in [0.29, 0.717) is 0 Å². The maximum Gasteiger partial charge on any atom is 0.356 e. The highest BCUT2D eigenvalue weighted by Gasteiger charge is 2.23. The highest BCUT2D eigenvalue weighted by Crippen LogP contribution is 2.19. The minimum atomic E-state index is -1.24. The summed E-state index contributed by atoms with van der Waals surface area (Å²) in [6.07, 6.45) is 0. The van der Waals surface area contributed by atoms with E-state index in [0.717, 1.165) is 0 Å². The number of pyridine rings is 1. The number of aliphatic hydroxyl groups excluding tert-OH is 2. The summed E-state index contributed by atoms with van der Waals surface area (Å²) < 4.78 is 0. The van der Waals surface area contributed by atoms with Crippen LogP contribution in [0.15, 0.2) is 12.1 Å². The lowest BCUT2D eigenvalue weighted by molar-refractivity contribution is 0.0691. The van der Waals surface area contributed by atoms with E-state index < -0.39 is 11.5 Å². The van der Waals surface area contributed by atoms with Crippen LogP contribution in [0.25, 0.3) is 0 Å². The summed E-state index contributed by atoms with van der Waals surface area (Å²) in [6.45, 7) is 0.927. The normalized spacial score (nSPS) is 11.3. The third-order valence-corrected chi connectivity index (χ3v) is 2.48. The Hall–Kier alpha value is -1.37. The van der Waals surface area contributed by atoms with Gasteiger partial charge in [0.15, 0.2) is 5.69 Å². The Morgan fingerprint density at radius 2 is 2.06 bits per heavy atom. The van der Waals surface area contributed by atoms with Crippen LogP contribution in [-0.2, 0) is 0 Å². The molecule has 0 bridgehead atoms. The highest BCUT2D eigenvalue weighted by atomic mass is 35.5. The number of hydrogen-bond acceptors (Lipinski definition) is 5. The highest BCUT2D eigenvalue weighted by molar-refractivity contribution is 6.33. The molecule has 0 aliphatic rings. The Kier molecular flexibility index (Phi) is 4.28. The van der Waals surface area contributed by atoms with Gasteiger partial charge in [-0.15, -0.1) is 0 Å². The van der Waals surface area contributed by atoms with Crippen LogP contribution in [0.2, 0.25) is 5.02 Å². The summed E-state index contributed by atoms with van der Waals surface area (Å²) >= 11 is 5.66. The summed E-state index contributed by atoms with van der Waals surface area (Å²) in [5.74, 6) is -1.02. The first-order valence-electron chi connectivity index (χ1n) is 4.81. The molecule has 0 aliphatic carbocycles. The molecule has 0 aliphatic heterocycles. The molecule has 0 atom stereocenters. The molecule has 1 aromatic heterocycles. The van der Waals surface area contributed by atoms with Gasteiger partial charge in [-0.25, -0.2) is 9.78 Å². The van der Waals surface area contributed by atoms with Crippen LogP contribution in [0, 0.1) is 0 Å². The number of carbonyl (C=O) groups is 1. The number of aromatic carboxylic acids is 1. The van der Waals surface area contributed by atoms with E-state index in [1.807, 2.05) is 0 Å². The average Bonchev–Trinajstić information content (AvgIpc) is 2.31. The lowest BCUT2D eigenvalue weighted by Crippen LogP contribution is -2.42. The number of rotatable bonds is 5. The predicted octanol–water partition coefficient (Wildman–Crippen LogP) is 0.588. The van der Waals surface area contributed by atoms with Gasteiger partial charge in [0, 0.05) is 0 Å². The van der Waals surface area contributed by atoms with Gasteiger partial charge in [-0.1, -0.05) is 11.6 Å². The van der Waals surface area contributed by atoms with E-state index in [9.17, 15) is 4.79 Å². The molecule has 1 rings (SSSR count). The lowest BCUT2D eigenvalue weighted by Gasteiger charge is -2.26. The van der Waals surface area contributed by atoms with E-state index >= 15 is 0 Å². The Bertz CT molecular complexity index is 421. The number of carboxylic acid groups (broad SMARTS) is 1. The summed E-state index contributed by atoms with van der Waals surface area (Å²) in [5.41, 5.74) is -1.26. The maximum atomic E-state index is 10.8. The largest absolute Gasteiger partial charge is 0.476 e. The SMILES string of the molecule is CC(CO)(CO)Nc1ccc(Cl)c(C(=O)O)n1. The fraction of sp³-hybridized carbons (Fsp3) is 0.400. The van der Waals surface area contributed by atoms with E-state index in [4.69, 9.17) is 26.9 Å². The molecule has 0 amide bonds. The van der Waals surface area contributed by atoms with Gasteiger partial charge in [0.2, 0.25) is 0 Å². The monoisotopic (exact) mass is 260 g/mol. The molecule has 7 heteroatoms. The van der Waals surface area contributed by atoms with Gasteiger partial charge in [-0.3, -0.25) is 0 Å². The van der Waals surface area contributed by atoms with Crippen LogP contribution < -0.4 is 5.32 Å². The van der Waals surface area contributed by atoms with Gasteiger partial charge in [0.05, 0.1) is 23.8 Å². The molecule has 0 saturated carbocycles. The molecule has 94 valence electrons. The molecule has 4 N–H and O–H groups in total. The fourth-order valence-corrected chi connectivity index (χ4v) is 1.29. The Labute approximate surface area is 103 Å². The van der Waals surface area contributed by atoms with E-state index in [-0.39, 0.29) is 29.7 Å². The number of carboxylic acids is 1. The van der Waals surface area contributed by atoms with Crippen LogP contribution in [0.5, 0.6) is 0 Å². The van der Waals surface area contributed by atoms with Crippen LogP contribution in [0.1, 0.15) is 17.4 Å². The van der Waals surface area contributed by atoms with Gasteiger partial charge >= 0.3 is 5.97 Å². The lowest BCUT2D eigenvalue weighted by atomic mass is 10.1. The first-order valence-corrected chi connectivity index (χ1v) is 5.19. The van der Waals surface area contributed by atoms with Gasteiger partial charge in [-0.2, -0.15) is 0 Å². The number of aromatic nitrogens is 1. The fourth-order valence-electron chi connectivity index (χ4n) is 1.10. The first-order chi connectivity index (χ1) is 7.91. The number of anilines is 1. The summed E-state index contributed by atoms with van der Waals surface area (Å²) in [6, 6.07) is 2.86. The van der Waals surface area contributed by atoms with Crippen LogP contribution in [0.3, 0.4) is 0 Å². The first kappa shape index (κ1) is 13.7. The number of nitrogens with zero attached hydrogens (tertiary/aromatic N) is 1. The minimum Gasteiger partial charge on any atom is -0.476 e. The second-order valence-electron chi connectivity index (χ2n) is 3.83. The summed E-state index contributed by atoms with van der Waals surface area (Å²) in [5, 5.41) is 29.8. The van der Waals surface area contributed by atoms with E-state index in [2.05, 4.69) is 10.3 Å². The topological polar surface area (TPSA) is 103 Å². The smallest absolute Gasteiger partial charge is 0.356 e. The predicted molar refractivity (Wildman–Crippen MR) is 62.4 cm³/mol. The van der Waals surface area contributed by atoms with Crippen molar-refractivity contribution in [2.75, 3.05) is 18.5 Å². The molecule has 17 heavy (non-hydrogen) atoms. The van der Waals surface area contributed by atoms with Gasteiger partial charge < -0.3 is 20.6 Å². The molecule has 1 aromatic rings. The number of halogens is 1. The van der Waals surface area contributed by atoms with Crippen molar-refractivity contribution in [1.82, 2.24) is 4.98 Å². The van der Waals surface area contributed by atoms with E-state index in [1.54, 1.807) is 6.92 Å². The van der Waals surface area contributed by atoms with Crippen molar-refractivity contribution in [2.45, 2.75) is 12.5 Å². The maximum absolute atomic E-state index is 10.8. The van der Waals surface area contributed by atoms with Crippen molar-refractivity contribution < 1.29 is 20.1 Å². The molecular formula is C10H13ClN2O4. The zero-order valence-electron chi connectivity index (χ0n) is 9.14. The molecule has 0 spiro atoms. The van der Waals surface area contributed by atoms with Crippen molar-refractivity contribution in [3.8, 4) is 0 Å². The number of nitrogens with one attached hydrogen (secondary N) is 1. The van der Waals surface area contributed by atoms with Gasteiger partial charge in [-0.05, 0) is 19.1 Å². The molecule has 0 radical (unpaired) electrons. The molecule has 0 aromatic carbocycles. The standard InChI is InChI=1S/C10H13ClN2O4/c1-10(4-14,5-15)13-7-3-2-6(11)8(12-7)9(16)17/h2-3,14-15H,4-5H2,1H3,(H,12,13)(H,16,17). The van der Waals surface area contributed by atoms with Crippen molar-refractivity contribution in [3.63, 3.8) is 0 Å². The Balaban J connectivity index is 3.01. The van der Waals surface area contributed by atoms with Crippen molar-refractivity contribution in [2.24, 2.45) is 0 Å². The zero-order valence-corrected chi connectivity index (χ0v) is 9.90. The molecule has 6 nitrogen and oxygen atoms in total. The second kappa shape index (κ2) is 5.31. The average molecular weight is 261 g/mol. The molecule has 0 saturated heterocycles. The summed E-state index contributed by atoms with van der Waals surface area (Å²) in [7, 11) is 0. The van der Waals surface area contributed by atoms with Crippen LogP contribution >= 0.6 is 11.6 Å².